The molecule has 1 aliphatic carbocycles. The number of urea groups is 1. The number of piperidine rings is 1. The Labute approximate surface area is 206 Å². The van der Waals surface area contributed by atoms with Crippen LogP contribution in [0, 0.1) is 0 Å². The van der Waals surface area contributed by atoms with E-state index in [0.29, 0.717) is 12.0 Å². The average molecular weight is 479 g/mol. The number of fused-ring (bicyclic) bond motifs is 2. The number of carbonyl (C=O) groups is 1. The Balaban J connectivity index is 1.44. The molecule has 0 spiro atoms. The molecule has 2 aliphatic rings. The van der Waals surface area contributed by atoms with E-state index in [2.05, 4.69) is 52.6 Å². The minimum absolute atomic E-state index is 0.0522. The Morgan fingerprint density at radius 2 is 1.97 bits per heavy atom. The van der Waals surface area contributed by atoms with Crippen LogP contribution in [0.5, 0.6) is 5.75 Å². The molecule has 0 radical (unpaired) electrons. The highest BCUT2D eigenvalue weighted by molar-refractivity contribution is 7.99. The molecule has 1 aliphatic heterocycles. The lowest BCUT2D eigenvalue weighted by Gasteiger charge is -2.46. The number of carbonyl (C=O) groups excluding carboxylic acids is 1. The van der Waals surface area contributed by atoms with Crippen LogP contribution in [0.15, 0.2) is 52.4 Å². The van der Waals surface area contributed by atoms with Crippen LogP contribution in [0.3, 0.4) is 0 Å². The summed E-state index contributed by atoms with van der Waals surface area (Å²) in [6, 6.07) is 15.5. The van der Waals surface area contributed by atoms with E-state index in [1.165, 1.54) is 32.0 Å². The molecule has 3 atom stereocenters. The number of likely N-dealkylation sites (tertiary alicyclic amines) is 1. The van der Waals surface area contributed by atoms with Crippen LogP contribution >= 0.6 is 11.8 Å². The minimum atomic E-state index is 0.0522. The summed E-state index contributed by atoms with van der Waals surface area (Å²) in [4.78, 5) is 22.0. The second kappa shape index (κ2) is 9.55. The van der Waals surface area contributed by atoms with Crippen LogP contribution in [0.25, 0.3) is 10.9 Å². The maximum Gasteiger partial charge on any atom is 0.317 e. The molecular formula is C27H34N4O2S. The van der Waals surface area contributed by atoms with Gasteiger partial charge in [0.2, 0.25) is 0 Å². The number of amides is 2. The first-order valence-electron chi connectivity index (χ1n) is 12.2. The smallest absolute Gasteiger partial charge is 0.317 e. The first kappa shape index (κ1) is 23.1. The molecule has 5 rings (SSSR count). The summed E-state index contributed by atoms with van der Waals surface area (Å²) in [6.07, 6.45) is 2.00. The Morgan fingerprint density at radius 1 is 1.21 bits per heavy atom. The van der Waals surface area contributed by atoms with Crippen molar-refractivity contribution < 1.29 is 9.53 Å². The highest BCUT2D eigenvalue weighted by Gasteiger charge is 2.41. The summed E-state index contributed by atoms with van der Waals surface area (Å²) in [6.45, 7) is 6.41. The molecule has 1 aromatic heterocycles. The van der Waals surface area contributed by atoms with Crippen molar-refractivity contribution in [3.63, 3.8) is 0 Å². The minimum Gasteiger partial charge on any atom is -0.497 e. The monoisotopic (exact) mass is 478 g/mol. The molecule has 2 aromatic carbocycles. The van der Waals surface area contributed by atoms with Crippen molar-refractivity contribution >= 4 is 28.7 Å². The number of nitrogens with one attached hydrogen (secondary N) is 2. The van der Waals surface area contributed by atoms with Gasteiger partial charge in [-0.3, -0.25) is 0 Å². The van der Waals surface area contributed by atoms with Gasteiger partial charge in [0.1, 0.15) is 5.75 Å². The molecule has 0 unspecified atom stereocenters. The SMILES string of the molecule is CCN(CC)C(=O)N[C@H]1C[C@@H]2c3cccc4[nH]c(Sc5ccc(OC)cc5)c(c34)C[C@H]2N(C)C1. The van der Waals surface area contributed by atoms with Crippen molar-refractivity contribution in [2.24, 2.45) is 0 Å². The van der Waals surface area contributed by atoms with Crippen LogP contribution in [0.1, 0.15) is 37.3 Å². The fourth-order valence-corrected chi connectivity index (χ4v) is 6.70. The predicted octanol–water partition coefficient (Wildman–Crippen LogP) is 5.09. The van der Waals surface area contributed by atoms with Crippen molar-refractivity contribution in [1.82, 2.24) is 20.1 Å². The van der Waals surface area contributed by atoms with E-state index in [0.717, 1.165) is 38.2 Å². The van der Waals surface area contributed by atoms with Gasteiger partial charge in [0.05, 0.1) is 12.1 Å². The molecule has 0 bridgehead atoms. The Bertz CT molecular complexity index is 1170. The van der Waals surface area contributed by atoms with Crippen LogP contribution in [0.2, 0.25) is 0 Å². The van der Waals surface area contributed by atoms with Gasteiger partial charge in [-0.25, -0.2) is 4.79 Å². The second-order valence-corrected chi connectivity index (χ2v) is 10.4. The van der Waals surface area contributed by atoms with E-state index >= 15 is 0 Å². The Kier molecular flexibility index (Phi) is 6.49. The molecule has 7 heteroatoms. The number of likely N-dealkylation sites (N-methyl/N-ethyl adjacent to an activating group) is 1. The summed E-state index contributed by atoms with van der Waals surface area (Å²) in [5.41, 5.74) is 4.04. The number of hydrogen-bond acceptors (Lipinski definition) is 4. The normalized spacial score (nSPS) is 21.8. The molecule has 34 heavy (non-hydrogen) atoms. The van der Waals surface area contributed by atoms with Crippen molar-refractivity contribution in [3.05, 3.63) is 53.6 Å². The molecular weight excluding hydrogens is 444 g/mol. The number of rotatable bonds is 6. The summed E-state index contributed by atoms with van der Waals surface area (Å²) < 4.78 is 5.32. The number of aromatic amines is 1. The molecule has 1 saturated heterocycles. The average Bonchev–Trinajstić information content (AvgIpc) is 3.19. The van der Waals surface area contributed by atoms with Crippen LogP contribution in [-0.4, -0.2) is 66.7 Å². The maximum atomic E-state index is 12.7. The number of aromatic nitrogens is 1. The highest BCUT2D eigenvalue weighted by atomic mass is 32.2. The first-order chi connectivity index (χ1) is 16.5. The topological polar surface area (TPSA) is 60.6 Å². The lowest BCUT2D eigenvalue weighted by Crippen LogP contribution is -2.56. The number of hydrogen-bond donors (Lipinski definition) is 2. The van der Waals surface area contributed by atoms with Gasteiger partial charge in [-0.1, -0.05) is 23.9 Å². The fraction of sp³-hybridized carbons (Fsp3) is 0.444. The van der Waals surface area contributed by atoms with Gasteiger partial charge in [-0.05, 0) is 75.2 Å². The summed E-state index contributed by atoms with van der Waals surface area (Å²) in [5, 5.41) is 5.92. The van der Waals surface area contributed by atoms with E-state index in [4.69, 9.17) is 4.74 Å². The van der Waals surface area contributed by atoms with Gasteiger partial charge in [0.15, 0.2) is 0 Å². The zero-order valence-corrected chi connectivity index (χ0v) is 21.2. The Morgan fingerprint density at radius 3 is 2.68 bits per heavy atom. The largest absolute Gasteiger partial charge is 0.497 e. The Hall–Kier alpha value is -2.64. The van der Waals surface area contributed by atoms with Gasteiger partial charge < -0.3 is 24.8 Å². The molecule has 3 aromatic rings. The number of ether oxygens (including phenoxy) is 1. The van der Waals surface area contributed by atoms with Gasteiger partial charge in [-0.2, -0.15) is 0 Å². The molecule has 2 amide bonds. The van der Waals surface area contributed by atoms with Gasteiger partial charge in [0.25, 0.3) is 0 Å². The van der Waals surface area contributed by atoms with Crippen molar-refractivity contribution in [1.29, 1.82) is 0 Å². The van der Waals surface area contributed by atoms with Gasteiger partial charge in [-0.15, -0.1) is 0 Å². The van der Waals surface area contributed by atoms with E-state index in [-0.39, 0.29) is 12.1 Å². The summed E-state index contributed by atoms with van der Waals surface area (Å²) in [5.74, 6) is 1.28. The molecule has 180 valence electrons. The molecule has 1 fully saturated rings. The third-order valence-electron chi connectivity index (χ3n) is 7.47. The zero-order valence-electron chi connectivity index (χ0n) is 20.4. The predicted molar refractivity (Wildman–Crippen MR) is 138 cm³/mol. The zero-order chi connectivity index (χ0) is 23.8. The maximum absolute atomic E-state index is 12.7. The van der Waals surface area contributed by atoms with Gasteiger partial charge in [0, 0.05) is 53.4 Å². The molecule has 6 nitrogen and oxygen atoms in total. The summed E-state index contributed by atoms with van der Waals surface area (Å²) >= 11 is 1.79. The number of nitrogens with zero attached hydrogens (tertiary/aromatic N) is 2. The van der Waals surface area contributed by atoms with Gasteiger partial charge >= 0.3 is 6.03 Å². The molecule has 2 heterocycles. The molecule has 0 saturated carbocycles. The van der Waals surface area contributed by atoms with Crippen molar-refractivity contribution in [3.8, 4) is 5.75 Å². The second-order valence-electron chi connectivity index (χ2n) is 9.35. The van der Waals surface area contributed by atoms with E-state index in [1.54, 1.807) is 18.9 Å². The van der Waals surface area contributed by atoms with E-state index < -0.39 is 0 Å². The van der Waals surface area contributed by atoms with Crippen LogP contribution < -0.4 is 10.1 Å². The summed E-state index contributed by atoms with van der Waals surface area (Å²) in [7, 11) is 3.91. The quantitative estimate of drug-likeness (QED) is 0.518. The van der Waals surface area contributed by atoms with Crippen LogP contribution in [0.4, 0.5) is 4.79 Å². The molecule has 2 N–H and O–H groups in total. The van der Waals surface area contributed by atoms with E-state index in [1.807, 2.05) is 30.9 Å². The third-order valence-corrected chi connectivity index (χ3v) is 8.53. The third kappa shape index (κ3) is 4.16. The van der Waals surface area contributed by atoms with Crippen molar-refractivity contribution in [2.75, 3.05) is 33.8 Å². The van der Waals surface area contributed by atoms with E-state index in [9.17, 15) is 4.79 Å². The van der Waals surface area contributed by atoms with Crippen molar-refractivity contribution in [2.45, 2.75) is 54.6 Å². The van der Waals surface area contributed by atoms with Crippen LogP contribution in [-0.2, 0) is 6.42 Å². The lowest BCUT2D eigenvalue weighted by molar-refractivity contribution is 0.123. The number of methoxy groups -OCH3 is 1. The standard InChI is InChI=1S/C27H34N4O2S/c1-5-31(6-2)27(32)28-17-14-21-20-8-7-9-23-25(20)22(15-24(21)30(3)16-17)26(29-23)34-19-12-10-18(33-4)11-13-19/h7-13,17,21,24,29H,5-6,14-16H2,1-4H3,(H,28,32)/t17-,21+,24+/m0/s1. The highest BCUT2D eigenvalue weighted by Crippen LogP contribution is 2.47. The fourth-order valence-electron chi connectivity index (χ4n) is 5.73. The first-order valence-corrected chi connectivity index (χ1v) is 13.0. The number of H-pyrrole nitrogens is 1. The number of benzene rings is 2. The lowest BCUT2D eigenvalue weighted by atomic mass is 9.74.